The first-order valence-electron chi connectivity index (χ1n) is 10.4. The molecule has 2 N–H and O–H groups in total. The van der Waals surface area contributed by atoms with Gasteiger partial charge in [0.05, 0.1) is 23.8 Å². The maximum absolute atomic E-state index is 12.8. The van der Waals surface area contributed by atoms with E-state index >= 15 is 0 Å². The van der Waals surface area contributed by atoms with Crippen molar-refractivity contribution in [3.05, 3.63) is 53.2 Å². The maximum Gasteiger partial charge on any atom is 0.222 e. The Kier molecular flexibility index (Phi) is 5.37. The summed E-state index contributed by atoms with van der Waals surface area (Å²) in [5.41, 5.74) is 3.90. The Hall–Kier alpha value is -3.09. The molecule has 1 aliphatic heterocycles. The molecule has 3 aromatic rings. The lowest BCUT2D eigenvalue weighted by molar-refractivity contribution is -0.131. The normalized spacial score (nSPS) is 18.7. The van der Waals surface area contributed by atoms with Gasteiger partial charge in [0.2, 0.25) is 11.8 Å². The topological polar surface area (TPSA) is 91.2 Å². The first-order valence-corrected chi connectivity index (χ1v) is 10.4. The molecule has 7 nitrogen and oxygen atoms in total. The van der Waals surface area contributed by atoms with Gasteiger partial charge in [-0.25, -0.2) is 4.98 Å². The van der Waals surface area contributed by atoms with Crippen LogP contribution in [0.4, 0.5) is 0 Å². The van der Waals surface area contributed by atoms with E-state index in [4.69, 9.17) is 4.42 Å². The molecule has 1 saturated heterocycles. The van der Waals surface area contributed by atoms with E-state index in [9.17, 15) is 9.59 Å². The molecule has 30 heavy (non-hydrogen) atoms. The summed E-state index contributed by atoms with van der Waals surface area (Å²) in [5.74, 6) is 1.66. The number of aromatic nitrogens is 2. The van der Waals surface area contributed by atoms with E-state index in [1.54, 1.807) is 18.2 Å². The van der Waals surface area contributed by atoms with Gasteiger partial charge in [0.1, 0.15) is 11.6 Å². The molecule has 2 aromatic heterocycles. The van der Waals surface area contributed by atoms with Crippen molar-refractivity contribution < 1.29 is 14.0 Å². The fraction of sp³-hybridized carbons (Fsp3) is 0.435. The van der Waals surface area contributed by atoms with Gasteiger partial charge < -0.3 is 19.6 Å². The zero-order valence-electron chi connectivity index (χ0n) is 17.7. The molecular weight excluding hydrogens is 380 g/mol. The minimum Gasteiger partial charge on any atom is -0.469 e. The van der Waals surface area contributed by atoms with E-state index in [1.165, 1.54) is 11.1 Å². The average Bonchev–Trinajstić information content (AvgIpc) is 3.42. The molecule has 0 unspecified atom stereocenters. The van der Waals surface area contributed by atoms with Crippen molar-refractivity contribution in [3.8, 4) is 0 Å². The lowest BCUT2D eigenvalue weighted by Crippen LogP contribution is -2.44. The fourth-order valence-electron chi connectivity index (χ4n) is 4.18. The predicted octanol–water partition coefficient (Wildman–Crippen LogP) is 3.40. The van der Waals surface area contributed by atoms with E-state index in [2.05, 4.69) is 41.3 Å². The third-order valence-electron chi connectivity index (χ3n) is 6.10. The number of carbonyl (C=O) groups excluding carboxylic acids is 2. The van der Waals surface area contributed by atoms with Crippen LogP contribution in [0, 0.1) is 13.8 Å². The highest BCUT2D eigenvalue weighted by molar-refractivity contribution is 5.80. The number of benzene rings is 1. The Labute approximate surface area is 175 Å². The maximum atomic E-state index is 12.8. The number of aromatic amines is 1. The second kappa shape index (κ2) is 7.97. The van der Waals surface area contributed by atoms with Crippen LogP contribution in [0.1, 0.15) is 48.4 Å². The van der Waals surface area contributed by atoms with Crippen LogP contribution in [0.5, 0.6) is 0 Å². The van der Waals surface area contributed by atoms with Gasteiger partial charge in [-0.15, -0.1) is 0 Å². The van der Waals surface area contributed by atoms with Gasteiger partial charge in [0, 0.05) is 31.8 Å². The number of furan rings is 1. The first kappa shape index (κ1) is 20.2. The molecule has 158 valence electrons. The number of hydrogen-bond acceptors (Lipinski definition) is 4. The van der Waals surface area contributed by atoms with Gasteiger partial charge in [-0.2, -0.15) is 0 Å². The van der Waals surface area contributed by atoms with Crippen molar-refractivity contribution in [1.82, 2.24) is 20.2 Å². The molecule has 0 spiro atoms. The molecule has 2 amide bonds. The first-order chi connectivity index (χ1) is 14.3. The molecular formula is C23H28N4O3. The van der Waals surface area contributed by atoms with Crippen LogP contribution in [-0.4, -0.2) is 39.3 Å². The summed E-state index contributed by atoms with van der Waals surface area (Å²) in [6.07, 6.45) is 4.38. The van der Waals surface area contributed by atoms with Crippen molar-refractivity contribution in [2.75, 3.05) is 7.05 Å². The molecule has 1 aliphatic rings. The quantitative estimate of drug-likeness (QED) is 0.627. The summed E-state index contributed by atoms with van der Waals surface area (Å²) in [7, 11) is 1.79. The van der Waals surface area contributed by atoms with Crippen molar-refractivity contribution >= 4 is 22.8 Å². The summed E-state index contributed by atoms with van der Waals surface area (Å²) in [4.78, 5) is 34.3. The van der Waals surface area contributed by atoms with Crippen LogP contribution in [0.2, 0.25) is 0 Å². The van der Waals surface area contributed by atoms with Crippen LogP contribution in [0.15, 0.2) is 34.9 Å². The summed E-state index contributed by atoms with van der Waals surface area (Å²) in [5, 5.41) is 3.09. The van der Waals surface area contributed by atoms with Gasteiger partial charge in [0.15, 0.2) is 0 Å². The third-order valence-corrected chi connectivity index (χ3v) is 6.10. The molecule has 0 aliphatic carbocycles. The Morgan fingerprint density at radius 1 is 1.30 bits per heavy atom. The van der Waals surface area contributed by atoms with Crippen molar-refractivity contribution in [2.45, 2.75) is 58.0 Å². The van der Waals surface area contributed by atoms with Crippen molar-refractivity contribution in [3.63, 3.8) is 0 Å². The molecule has 1 fully saturated rings. The monoisotopic (exact) mass is 408 g/mol. The van der Waals surface area contributed by atoms with Crippen LogP contribution in [0.3, 0.4) is 0 Å². The summed E-state index contributed by atoms with van der Waals surface area (Å²) < 4.78 is 5.48. The molecule has 1 atom stereocenters. The Morgan fingerprint density at radius 2 is 2.10 bits per heavy atom. The number of fused-ring (bicyclic) bond motifs is 1. The smallest absolute Gasteiger partial charge is 0.222 e. The molecule has 7 heteroatoms. The fourth-order valence-corrected chi connectivity index (χ4v) is 4.18. The number of H-pyrrole nitrogens is 1. The van der Waals surface area contributed by atoms with Crippen molar-refractivity contribution in [1.29, 1.82) is 0 Å². The highest BCUT2D eigenvalue weighted by Crippen LogP contribution is 2.30. The van der Waals surface area contributed by atoms with E-state index in [0.717, 1.165) is 22.6 Å². The van der Waals surface area contributed by atoms with Gasteiger partial charge >= 0.3 is 0 Å². The van der Waals surface area contributed by atoms with E-state index in [-0.39, 0.29) is 11.8 Å². The van der Waals surface area contributed by atoms with Gasteiger partial charge in [-0.3, -0.25) is 9.59 Å². The molecule has 3 heterocycles. The molecule has 0 bridgehead atoms. The number of nitrogens with one attached hydrogen (secondary N) is 2. The Morgan fingerprint density at radius 3 is 2.80 bits per heavy atom. The minimum atomic E-state index is -0.417. The minimum absolute atomic E-state index is 0.0304. The number of imidazole rings is 1. The number of rotatable bonds is 7. The number of amides is 2. The third kappa shape index (κ3) is 4.25. The predicted molar refractivity (Wildman–Crippen MR) is 114 cm³/mol. The molecule has 4 rings (SSSR count). The van der Waals surface area contributed by atoms with E-state index in [0.29, 0.717) is 38.6 Å². The lowest BCUT2D eigenvalue weighted by atomic mass is 9.87. The highest BCUT2D eigenvalue weighted by atomic mass is 16.3. The summed E-state index contributed by atoms with van der Waals surface area (Å²) in [6.45, 7) is 4.56. The molecule has 1 aromatic carbocycles. The van der Waals surface area contributed by atoms with Crippen LogP contribution < -0.4 is 5.32 Å². The van der Waals surface area contributed by atoms with Gasteiger partial charge in [0.25, 0.3) is 0 Å². The second-order valence-electron chi connectivity index (χ2n) is 8.47. The Bertz CT molecular complexity index is 1030. The highest BCUT2D eigenvalue weighted by Gasteiger charge is 2.38. The number of carbonyl (C=O) groups is 2. The van der Waals surface area contributed by atoms with Crippen LogP contribution in [0.25, 0.3) is 11.0 Å². The molecule has 0 radical (unpaired) electrons. The van der Waals surface area contributed by atoms with Gasteiger partial charge in [-0.1, -0.05) is 0 Å². The van der Waals surface area contributed by atoms with Gasteiger partial charge in [-0.05, 0) is 62.1 Å². The second-order valence-corrected chi connectivity index (χ2v) is 8.47. The zero-order chi connectivity index (χ0) is 21.3. The Balaban J connectivity index is 1.39. The number of aryl methyl sites for hydroxylation is 2. The van der Waals surface area contributed by atoms with E-state index in [1.807, 2.05) is 12.1 Å². The summed E-state index contributed by atoms with van der Waals surface area (Å²) >= 11 is 0. The zero-order valence-corrected chi connectivity index (χ0v) is 17.7. The van der Waals surface area contributed by atoms with E-state index < -0.39 is 5.54 Å². The average molecular weight is 409 g/mol. The number of nitrogens with zero attached hydrogens (tertiary/aromatic N) is 2. The van der Waals surface area contributed by atoms with Crippen LogP contribution >= 0.6 is 0 Å². The standard InChI is InChI=1S/C23H28N4O3/c1-15-11-18-19(12-16(15)2)25-20(24-18)14-27(3)22(29)7-9-23(8-6-21(28)26-23)13-17-5-4-10-30-17/h4-5,10-12H,6-9,13-14H2,1-3H3,(H,24,25)(H,26,28)/t23-/m0/s1. The largest absolute Gasteiger partial charge is 0.469 e. The molecule has 0 saturated carbocycles. The number of hydrogen-bond donors (Lipinski definition) is 2. The lowest BCUT2D eigenvalue weighted by Gasteiger charge is -2.29. The summed E-state index contributed by atoms with van der Waals surface area (Å²) in [6, 6.07) is 7.90. The SMILES string of the molecule is Cc1cc2nc(CN(C)C(=O)CC[C@]3(Cc4ccco4)CCC(=O)N3)[nH]c2cc1C. The van der Waals surface area contributed by atoms with Crippen molar-refractivity contribution in [2.24, 2.45) is 0 Å². The van der Waals surface area contributed by atoms with Crippen LogP contribution in [-0.2, 0) is 22.6 Å².